The van der Waals surface area contributed by atoms with Crippen molar-refractivity contribution in [3.05, 3.63) is 64.9 Å². The Hall–Kier alpha value is -2.97. The summed E-state index contributed by atoms with van der Waals surface area (Å²) in [5.74, 6) is 0.129. The Labute approximate surface area is 137 Å². The Bertz CT molecular complexity index is 917. The average Bonchev–Trinajstić information content (AvgIpc) is 2.59. The first-order valence-electron chi connectivity index (χ1n) is 6.74. The monoisotopic (exact) mass is 323 g/mol. The molecule has 0 amide bonds. The molecule has 0 unspecified atom stereocenters. The molecule has 0 aliphatic carbocycles. The molecule has 0 atom stereocenters. The average molecular weight is 324 g/mol. The minimum Gasteiger partial charge on any atom is -0.469 e. The second kappa shape index (κ2) is 6.42. The molecule has 1 heterocycles. The Kier molecular flexibility index (Phi) is 4.18. The molecule has 0 spiro atoms. The molecule has 0 fully saturated rings. The maximum atomic E-state index is 12.1. The zero-order chi connectivity index (χ0) is 16.2. The summed E-state index contributed by atoms with van der Waals surface area (Å²) in [5.41, 5.74) is 1.62. The molecule has 23 heavy (non-hydrogen) atoms. The molecule has 2 aromatic carbocycles. The van der Waals surface area contributed by atoms with E-state index in [-0.39, 0.29) is 12.4 Å². The van der Waals surface area contributed by atoms with Crippen LogP contribution in [0.25, 0.3) is 10.9 Å². The lowest BCUT2D eigenvalue weighted by atomic mass is 10.1. The van der Waals surface area contributed by atoms with Crippen LogP contribution in [0.15, 0.2) is 48.8 Å². The summed E-state index contributed by atoms with van der Waals surface area (Å²) in [7, 11) is 0. The molecule has 3 aromatic rings. The highest BCUT2D eigenvalue weighted by molar-refractivity contribution is 6.31. The second-order valence-electron chi connectivity index (χ2n) is 4.74. The highest BCUT2D eigenvalue weighted by Crippen LogP contribution is 2.24. The maximum absolute atomic E-state index is 12.1. The van der Waals surface area contributed by atoms with Crippen LogP contribution in [0, 0.1) is 11.3 Å². The van der Waals surface area contributed by atoms with Gasteiger partial charge in [-0.15, -0.1) is 0 Å². The van der Waals surface area contributed by atoms with Crippen LogP contribution in [0.1, 0.15) is 15.9 Å². The van der Waals surface area contributed by atoms with E-state index < -0.39 is 0 Å². The second-order valence-corrected chi connectivity index (χ2v) is 5.18. The SMILES string of the molecule is N#Cc1ccc(C(=O)COc2ncnc3cc(Cl)ccc23)cc1. The Morgan fingerprint density at radius 3 is 2.70 bits per heavy atom. The van der Waals surface area contributed by atoms with Gasteiger partial charge in [-0.3, -0.25) is 4.79 Å². The first kappa shape index (κ1) is 14.9. The van der Waals surface area contributed by atoms with Crippen molar-refractivity contribution < 1.29 is 9.53 Å². The third kappa shape index (κ3) is 3.28. The summed E-state index contributed by atoms with van der Waals surface area (Å²) >= 11 is 5.93. The van der Waals surface area contributed by atoms with Gasteiger partial charge >= 0.3 is 0 Å². The summed E-state index contributed by atoms with van der Waals surface area (Å²) in [5, 5.41) is 10.0. The Morgan fingerprint density at radius 1 is 1.17 bits per heavy atom. The van der Waals surface area contributed by atoms with Crippen molar-refractivity contribution in [3.63, 3.8) is 0 Å². The number of halogens is 1. The number of Topliss-reactive ketones (excluding diaryl/α,β-unsaturated/α-hetero) is 1. The third-order valence-corrected chi connectivity index (χ3v) is 3.47. The van der Waals surface area contributed by atoms with Gasteiger partial charge in [0, 0.05) is 10.6 Å². The smallest absolute Gasteiger partial charge is 0.224 e. The standard InChI is InChI=1S/C17H10ClN3O2/c18-13-5-6-14-15(7-13)20-10-21-17(14)23-9-16(22)12-3-1-11(8-19)2-4-12/h1-7,10H,9H2. The van der Waals surface area contributed by atoms with Crippen molar-refractivity contribution in [2.24, 2.45) is 0 Å². The van der Waals surface area contributed by atoms with Crippen LogP contribution in [0.4, 0.5) is 0 Å². The lowest BCUT2D eigenvalue weighted by Crippen LogP contribution is -2.12. The van der Waals surface area contributed by atoms with Gasteiger partial charge in [0.05, 0.1) is 22.5 Å². The van der Waals surface area contributed by atoms with E-state index in [1.54, 1.807) is 42.5 Å². The van der Waals surface area contributed by atoms with Gasteiger partial charge in [0.15, 0.2) is 12.4 Å². The van der Waals surface area contributed by atoms with E-state index in [4.69, 9.17) is 21.6 Å². The first-order valence-corrected chi connectivity index (χ1v) is 7.11. The number of ketones is 1. The van der Waals surface area contributed by atoms with Crippen molar-refractivity contribution in [1.82, 2.24) is 9.97 Å². The Morgan fingerprint density at radius 2 is 1.96 bits per heavy atom. The molecule has 0 saturated heterocycles. The van der Waals surface area contributed by atoms with Crippen LogP contribution in [-0.4, -0.2) is 22.4 Å². The fraction of sp³-hybridized carbons (Fsp3) is 0.0588. The van der Waals surface area contributed by atoms with Gasteiger partial charge < -0.3 is 4.74 Å². The fourth-order valence-corrected chi connectivity index (χ4v) is 2.23. The third-order valence-electron chi connectivity index (χ3n) is 3.24. The summed E-state index contributed by atoms with van der Waals surface area (Å²) in [6, 6.07) is 13.6. The van der Waals surface area contributed by atoms with Crippen molar-refractivity contribution in [2.75, 3.05) is 6.61 Å². The van der Waals surface area contributed by atoms with E-state index in [1.165, 1.54) is 6.33 Å². The molecule has 0 bridgehead atoms. The predicted octanol–water partition coefficient (Wildman–Crippen LogP) is 3.42. The number of carbonyl (C=O) groups excluding carboxylic acids is 1. The summed E-state index contributed by atoms with van der Waals surface area (Å²) in [6.45, 7) is -0.152. The van der Waals surface area contributed by atoms with Crippen molar-refractivity contribution in [1.29, 1.82) is 5.26 Å². The number of benzene rings is 2. The molecule has 5 nitrogen and oxygen atoms in total. The van der Waals surface area contributed by atoms with Crippen LogP contribution in [-0.2, 0) is 0 Å². The predicted molar refractivity (Wildman–Crippen MR) is 85.5 cm³/mol. The topological polar surface area (TPSA) is 75.9 Å². The van der Waals surface area contributed by atoms with E-state index in [0.29, 0.717) is 32.9 Å². The van der Waals surface area contributed by atoms with Crippen molar-refractivity contribution in [3.8, 4) is 11.9 Å². The lowest BCUT2D eigenvalue weighted by molar-refractivity contribution is 0.0919. The normalized spacial score (nSPS) is 10.3. The molecule has 0 N–H and O–H groups in total. The number of carbonyl (C=O) groups is 1. The zero-order valence-electron chi connectivity index (χ0n) is 11.9. The van der Waals surface area contributed by atoms with Crippen LogP contribution in [0.3, 0.4) is 0 Å². The number of rotatable bonds is 4. The summed E-state index contributed by atoms with van der Waals surface area (Å²) in [6.07, 6.45) is 1.36. The number of hydrogen-bond acceptors (Lipinski definition) is 5. The molecular weight excluding hydrogens is 314 g/mol. The molecule has 3 rings (SSSR count). The van der Waals surface area contributed by atoms with Crippen molar-refractivity contribution >= 4 is 28.3 Å². The van der Waals surface area contributed by atoms with Gasteiger partial charge in [0.1, 0.15) is 6.33 Å². The molecule has 112 valence electrons. The fourth-order valence-electron chi connectivity index (χ4n) is 2.07. The quantitative estimate of drug-likeness (QED) is 0.688. The Balaban J connectivity index is 1.77. The van der Waals surface area contributed by atoms with Gasteiger partial charge in [0.25, 0.3) is 0 Å². The van der Waals surface area contributed by atoms with E-state index in [9.17, 15) is 4.79 Å². The van der Waals surface area contributed by atoms with E-state index in [0.717, 1.165) is 0 Å². The first-order chi connectivity index (χ1) is 11.2. The van der Waals surface area contributed by atoms with E-state index in [1.807, 2.05) is 6.07 Å². The van der Waals surface area contributed by atoms with Crippen LogP contribution in [0.2, 0.25) is 5.02 Å². The minimum atomic E-state index is -0.199. The molecule has 6 heteroatoms. The highest BCUT2D eigenvalue weighted by Gasteiger charge is 2.10. The molecule has 0 saturated carbocycles. The summed E-state index contributed by atoms with van der Waals surface area (Å²) in [4.78, 5) is 20.3. The molecule has 0 aliphatic heterocycles. The minimum absolute atomic E-state index is 0.152. The molecule has 0 aliphatic rings. The van der Waals surface area contributed by atoms with Gasteiger partial charge in [-0.05, 0) is 42.5 Å². The number of ether oxygens (including phenoxy) is 1. The molecule has 1 aromatic heterocycles. The van der Waals surface area contributed by atoms with Gasteiger partial charge in [-0.2, -0.15) is 5.26 Å². The van der Waals surface area contributed by atoms with Gasteiger partial charge in [-0.1, -0.05) is 11.6 Å². The van der Waals surface area contributed by atoms with Crippen LogP contribution >= 0.6 is 11.6 Å². The highest BCUT2D eigenvalue weighted by atomic mass is 35.5. The van der Waals surface area contributed by atoms with Crippen molar-refractivity contribution in [2.45, 2.75) is 0 Å². The van der Waals surface area contributed by atoms with E-state index in [2.05, 4.69) is 9.97 Å². The van der Waals surface area contributed by atoms with E-state index >= 15 is 0 Å². The van der Waals surface area contributed by atoms with Crippen LogP contribution in [0.5, 0.6) is 5.88 Å². The number of nitrogens with zero attached hydrogens (tertiary/aromatic N) is 3. The van der Waals surface area contributed by atoms with Crippen LogP contribution < -0.4 is 4.74 Å². The lowest BCUT2D eigenvalue weighted by Gasteiger charge is -2.07. The van der Waals surface area contributed by atoms with Gasteiger partial charge in [-0.25, -0.2) is 9.97 Å². The largest absolute Gasteiger partial charge is 0.469 e. The number of fused-ring (bicyclic) bond motifs is 1. The number of nitriles is 1. The molecule has 0 radical (unpaired) electrons. The molecular formula is C17H10ClN3O2. The number of hydrogen-bond donors (Lipinski definition) is 0. The zero-order valence-corrected chi connectivity index (χ0v) is 12.6. The summed E-state index contributed by atoms with van der Waals surface area (Å²) < 4.78 is 5.52. The number of aromatic nitrogens is 2. The van der Waals surface area contributed by atoms with Gasteiger partial charge in [0.2, 0.25) is 5.88 Å². The maximum Gasteiger partial charge on any atom is 0.224 e.